The highest BCUT2D eigenvalue weighted by atomic mass is 16.3. The number of nitrogens with one attached hydrogen (secondary N) is 1. The monoisotopic (exact) mass is 334 g/mol. The fourth-order valence-corrected chi connectivity index (χ4v) is 2.51. The van der Waals surface area contributed by atoms with Gasteiger partial charge in [-0.25, -0.2) is 14.6 Å². The highest BCUT2D eigenvalue weighted by molar-refractivity contribution is 5.92. The third-order valence-electron chi connectivity index (χ3n) is 3.58. The maximum atomic E-state index is 12.3. The summed E-state index contributed by atoms with van der Waals surface area (Å²) < 4.78 is 6.86. The van der Waals surface area contributed by atoms with E-state index in [4.69, 9.17) is 4.42 Å². The van der Waals surface area contributed by atoms with E-state index in [0.717, 1.165) is 5.69 Å². The van der Waals surface area contributed by atoms with Crippen LogP contribution in [0.2, 0.25) is 0 Å². The van der Waals surface area contributed by atoms with Crippen molar-refractivity contribution in [2.24, 2.45) is 0 Å². The molecule has 0 bridgehead atoms. The number of rotatable bonds is 4. The minimum absolute atomic E-state index is 0.000553. The zero-order valence-corrected chi connectivity index (χ0v) is 13.4. The average molecular weight is 334 g/mol. The predicted octanol–water partition coefficient (Wildman–Crippen LogP) is 2.43. The van der Waals surface area contributed by atoms with Crippen LogP contribution in [-0.4, -0.2) is 30.9 Å². The molecule has 4 aromatic rings. The van der Waals surface area contributed by atoms with E-state index in [1.807, 2.05) is 30.3 Å². The summed E-state index contributed by atoms with van der Waals surface area (Å²) in [6.45, 7) is 1.77. The number of para-hydroxylation sites is 1. The largest absolute Gasteiger partial charge is 0.463 e. The molecule has 25 heavy (non-hydrogen) atoms. The minimum Gasteiger partial charge on any atom is -0.463 e. The van der Waals surface area contributed by atoms with Crippen LogP contribution in [-0.2, 0) is 11.3 Å². The Morgan fingerprint density at radius 1 is 1.16 bits per heavy atom. The Balaban J connectivity index is 1.66. The first-order valence-electron chi connectivity index (χ1n) is 7.67. The Morgan fingerprint density at radius 3 is 2.76 bits per heavy atom. The summed E-state index contributed by atoms with van der Waals surface area (Å²) in [5, 5.41) is 11.0. The second kappa shape index (κ2) is 6.16. The molecule has 1 aromatic carbocycles. The third-order valence-corrected chi connectivity index (χ3v) is 3.58. The van der Waals surface area contributed by atoms with Crippen molar-refractivity contribution in [1.82, 2.24) is 25.0 Å². The molecule has 3 aromatic heterocycles. The molecule has 0 unspecified atom stereocenters. The van der Waals surface area contributed by atoms with Gasteiger partial charge < -0.3 is 9.73 Å². The average Bonchev–Trinajstić information content (AvgIpc) is 3.26. The molecule has 4 rings (SSSR count). The lowest BCUT2D eigenvalue weighted by molar-refractivity contribution is -0.116. The van der Waals surface area contributed by atoms with Crippen LogP contribution in [0.3, 0.4) is 0 Å². The normalized spacial score (nSPS) is 10.9. The number of amides is 1. The molecule has 124 valence electrons. The van der Waals surface area contributed by atoms with Gasteiger partial charge in [-0.2, -0.15) is 0 Å². The molecular weight excluding hydrogens is 320 g/mol. The van der Waals surface area contributed by atoms with Gasteiger partial charge in [-0.3, -0.25) is 4.79 Å². The van der Waals surface area contributed by atoms with E-state index in [0.29, 0.717) is 28.4 Å². The summed E-state index contributed by atoms with van der Waals surface area (Å²) in [6, 6.07) is 12.8. The van der Waals surface area contributed by atoms with Crippen molar-refractivity contribution >= 4 is 22.8 Å². The van der Waals surface area contributed by atoms with Crippen LogP contribution in [0.4, 0.5) is 5.69 Å². The van der Waals surface area contributed by atoms with Crippen LogP contribution in [0.25, 0.3) is 22.6 Å². The quantitative estimate of drug-likeness (QED) is 0.615. The van der Waals surface area contributed by atoms with E-state index in [1.54, 1.807) is 25.3 Å². The Morgan fingerprint density at radius 2 is 2.00 bits per heavy atom. The van der Waals surface area contributed by atoms with Crippen molar-refractivity contribution in [3.8, 4) is 11.5 Å². The van der Waals surface area contributed by atoms with Crippen molar-refractivity contribution in [2.75, 3.05) is 5.32 Å². The van der Waals surface area contributed by atoms with Gasteiger partial charge in [0.1, 0.15) is 18.1 Å². The lowest BCUT2D eigenvalue weighted by Gasteiger charge is -2.05. The minimum atomic E-state index is -0.214. The molecule has 1 amide bonds. The first-order valence-corrected chi connectivity index (χ1v) is 7.67. The van der Waals surface area contributed by atoms with Crippen molar-refractivity contribution in [1.29, 1.82) is 0 Å². The molecule has 8 heteroatoms. The summed E-state index contributed by atoms with van der Waals surface area (Å²) in [4.78, 5) is 21.0. The number of nitrogens with zero attached hydrogens (tertiary/aromatic N) is 5. The lowest BCUT2D eigenvalue weighted by Crippen LogP contribution is -2.19. The van der Waals surface area contributed by atoms with Gasteiger partial charge in [0.05, 0.1) is 6.26 Å². The molecule has 3 heterocycles. The van der Waals surface area contributed by atoms with Gasteiger partial charge in [0.15, 0.2) is 16.9 Å². The molecule has 0 radical (unpaired) electrons. The Labute approximate surface area is 142 Å². The molecule has 0 aliphatic carbocycles. The fourth-order valence-electron chi connectivity index (χ4n) is 2.51. The van der Waals surface area contributed by atoms with Crippen LogP contribution in [0, 0.1) is 6.92 Å². The van der Waals surface area contributed by atoms with Gasteiger partial charge >= 0.3 is 0 Å². The standard InChI is InChI=1S/C17H14N6O2/c1-11-18-15(13-8-5-9-25-13)16-17(19-11)23(22-21-16)10-14(24)20-12-6-3-2-4-7-12/h2-9H,10H2,1H3,(H,20,24). The number of benzene rings is 1. The number of fused-ring (bicyclic) bond motifs is 1. The molecule has 8 nitrogen and oxygen atoms in total. The molecule has 0 atom stereocenters. The summed E-state index contributed by atoms with van der Waals surface area (Å²) in [7, 11) is 0. The third kappa shape index (κ3) is 2.97. The topological polar surface area (TPSA) is 98.7 Å². The van der Waals surface area contributed by atoms with Crippen molar-refractivity contribution in [3.05, 3.63) is 54.6 Å². The Bertz CT molecular complexity index is 1020. The van der Waals surface area contributed by atoms with Crippen LogP contribution < -0.4 is 5.32 Å². The molecular formula is C17H14N6O2. The number of carbonyl (C=O) groups is 1. The van der Waals surface area contributed by atoms with Crippen LogP contribution in [0.1, 0.15) is 5.82 Å². The van der Waals surface area contributed by atoms with Gasteiger partial charge in [0.25, 0.3) is 0 Å². The lowest BCUT2D eigenvalue weighted by atomic mass is 10.3. The van der Waals surface area contributed by atoms with Gasteiger partial charge in [0, 0.05) is 5.69 Å². The van der Waals surface area contributed by atoms with Crippen LogP contribution in [0.15, 0.2) is 53.1 Å². The summed E-state index contributed by atoms with van der Waals surface area (Å²) in [6.07, 6.45) is 1.57. The van der Waals surface area contributed by atoms with Gasteiger partial charge in [-0.05, 0) is 31.2 Å². The molecule has 0 saturated heterocycles. The molecule has 0 saturated carbocycles. The molecule has 0 aliphatic heterocycles. The number of anilines is 1. The number of furan rings is 1. The molecule has 0 fully saturated rings. The number of aryl methyl sites for hydroxylation is 1. The first kappa shape index (κ1) is 15.0. The van der Waals surface area contributed by atoms with Gasteiger partial charge in [-0.15, -0.1) is 5.10 Å². The number of hydrogen-bond donors (Lipinski definition) is 1. The number of carbonyl (C=O) groups excluding carboxylic acids is 1. The van der Waals surface area contributed by atoms with Crippen molar-refractivity contribution in [2.45, 2.75) is 13.5 Å². The predicted molar refractivity (Wildman–Crippen MR) is 90.6 cm³/mol. The van der Waals surface area contributed by atoms with E-state index in [9.17, 15) is 4.79 Å². The fraction of sp³-hybridized carbons (Fsp3) is 0.118. The zero-order chi connectivity index (χ0) is 17.2. The Hall–Kier alpha value is -3.55. The van der Waals surface area contributed by atoms with E-state index >= 15 is 0 Å². The Kier molecular flexibility index (Phi) is 3.70. The highest BCUT2D eigenvalue weighted by Crippen LogP contribution is 2.24. The molecule has 1 N–H and O–H groups in total. The number of aromatic nitrogens is 5. The zero-order valence-electron chi connectivity index (χ0n) is 13.4. The number of hydrogen-bond acceptors (Lipinski definition) is 6. The van der Waals surface area contributed by atoms with Crippen LogP contribution in [0.5, 0.6) is 0 Å². The van der Waals surface area contributed by atoms with Crippen molar-refractivity contribution in [3.63, 3.8) is 0 Å². The second-order valence-electron chi connectivity index (χ2n) is 5.43. The second-order valence-corrected chi connectivity index (χ2v) is 5.43. The van der Waals surface area contributed by atoms with E-state index in [2.05, 4.69) is 25.6 Å². The smallest absolute Gasteiger partial charge is 0.246 e. The maximum absolute atomic E-state index is 12.3. The van der Waals surface area contributed by atoms with Gasteiger partial charge in [-0.1, -0.05) is 23.4 Å². The maximum Gasteiger partial charge on any atom is 0.246 e. The molecule has 0 aliphatic rings. The SMILES string of the molecule is Cc1nc(-c2ccco2)c2nnn(CC(=O)Nc3ccccc3)c2n1. The van der Waals surface area contributed by atoms with Gasteiger partial charge in [0.2, 0.25) is 5.91 Å². The first-order chi connectivity index (χ1) is 12.2. The van der Waals surface area contributed by atoms with E-state index in [-0.39, 0.29) is 12.5 Å². The van der Waals surface area contributed by atoms with E-state index in [1.165, 1.54) is 4.68 Å². The summed E-state index contributed by atoms with van der Waals surface area (Å²) in [5.74, 6) is 0.913. The van der Waals surface area contributed by atoms with E-state index < -0.39 is 0 Å². The highest BCUT2D eigenvalue weighted by Gasteiger charge is 2.18. The molecule has 0 spiro atoms. The van der Waals surface area contributed by atoms with Crippen molar-refractivity contribution < 1.29 is 9.21 Å². The van der Waals surface area contributed by atoms with Crippen LogP contribution >= 0.6 is 0 Å². The summed E-state index contributed by atoms with van der Waals surface area (Å²) in [5.41, 5.74) is 2.26. The summed E-state index contributed by atoms with van der Waals surface area (Å²) >= 11 is 0.